The van der Waals surface area contributed by atoms with Gasteiger partial charge in [0.15, 0.2) is 0 Å². The van der Waals surface area contributed by atoms with Gasteiger partial charge in [0.25, 0.3) is 0 Å². The van der Waals surface area contributed by atoms with Crippen LogP contribution in [-0.2, 0) is 20.7 Å². The van der Waals surface area contributed by atoms with Crippen LogP contribution < -0.4 is 10.1 Å². The number of benzene rings is 2. The molecule has 0 radical (unpaired) electrons. The Hall–Kier alpha value is -2.57. The van der Waals surface area contributed by atoms with Gasteiger partial charge in [0.05, 0.1) is 13.5 Å². The molecule has 2 aromatic rings. The maximum atomic E-state index is 12.2. The maximum absolute atomic E-state index is 12.2. The van der Waals surface area contributed by atoms with Crippen molar-refractivity contribution in [3.8, 4) is 5.75 Å². The van der Waals surface area contributed by atoms with E-state index in [1.165, 1.54) is 32.2 Å². The van der Waals surface area contributed by atoms with E-state index in [-0.39, 0.29) is 23.6 Å². The predicted molar refractivity (Wildman–Crippen MR) is 97.9 cm³/mol. The molecule has 2 rings (SSSR count). The zero-order chi connectivity index (χ0) is 19.3. The minimum absolute atomic E-state index is 0.0185. The standard InChI is InChI=1S/C18H15Cl2NO5/c1-10(22)26-16-6-5-13(9-14(16)18(24)25-2)21-17(23)7-11-3-4-12(19)8-15(11)20/h3-6,8-9H,7H2,1-2H3,(H,21,23). The molecule has 0 unspecified atom stereocenters. The first-order valence-corrected chi connectivity index (χ1v) is 8.20. The van der Waals surface area contributed by atoms with Crippen molar-refractivity contribution in [3.05, 3.63) is 57.6 Å². The van der Waals surface area contributed by atoms with Crippen LogP contribution in [0.15, 0.2) is 36.4 Å². The van der Waals surface area contributed by atoms with Crippen molar-refractivity contribution in [3.63, 3.8) is 0 Å². The van der Waals surface area contributed by atoms with Gasteiger partial charge in [0.1, 0.15) is 11.3 Å². The molecule has 2 aromatic carbocycles. The van der Waals surface area contributed by atoms with E-state index in [2.05, 4.69) is 10.1 Å². The quantitative estimate of drug-likeness (QED) is 0.613. The fourth-order valence-corrected chi connectivity index (χ4v) is 2.64. The molecule has 0 aliphatic rings. The second kappa shape index (κ2) is 8.69. The summed E-state index contributed by atoms with van der Waals surface area (Å²) >= 11 is 11.9. The summed E-state index contributed by atoms with van der Waals surface area (Å²) < 4.78 is 9.64. The summed E-state index contributed by atoms with van der Waals surface area (Å²) in [5.41, 5.74) is 0.972. The van der Waals surface area contributed by atoms with E-state index in [9.17, 15) is 14.4 Å². The molecule has 1 N–H and O–H groups in total. The maximum Gasteiger partial charge on any atom is 0.341 e. The van der Waals surface area contributed by atoms with Gasteiger partial charge >= 0.3 is 11.9 Å². The van der Waals surface area contributed by atoms with E-state index in [0.717, 1.165) is 0 Å². The van der Waals surface area contributed by atoms with Gasteiger partial charge in [-0.25, -0.2) is 4.79 Å². The first-order valence-electron chi connectivity index (χ1n) is 7.44. The fourth-order valence-electron chi connectivity index (χ4n) is 2.16. The third-order valence-corrected chi connectivity index (χ3v) is 3.88. The number of anilines is 1. The van der Waals surface area contributed by atoms with E-state index in [1.807, 2.05) is 0 Å². The molecule has 8 heteroatoms. The fraction of sp³-hybridized carbons (Fsp3) is 0.167. The van der Waals surface area contributed by atoms with E-state index >= 15 is 0 Å². The van der Waals surface area contributed by atoms with Gasteiger partial charge in [-0.1, -0.05) is 29.3 Å². The first-order chi connectivity index (χ1) is 12.3. The highest BCUT2D eigenvalue weighted by Gasteiger charge is 2.17. The van der Waals surface area contributed by atoms with E-state index < -0.39 is 11.9 Å². The van der Waals surface area contributed by atoms with Crippen LogP contribution in [0.5, 0.6) is 5.75 Å². The van der Waals surface area contributed by atoms with E-state index in [4.69, 9.17) is 27.9 Å². The van der Waals surface area contributed by atoms with Crippen LogP contribution in [0.3, 0.4) is 0 Å². The highest BCUT2D eigenvalue weighted by Crippen LogP contribution is 2.25. The molecule has 0 bridgehead atoms. The molecule has 26 heavy (non-hydrogen) atoms. The molecule has 1 amide bonds. The Morgan fingerprint density at radius 3 is 2.42 bits per heavy atom. The van der Waals surface area contributed by atoms with Crippen molar-refractivity contribution in [2.75, 3.05) is 12.4 Å². The van der Waals surface area contributed by atoms with Gasteiger partial charge in [-0.3, -0.25) is 9.59 Å². The number of carbonyl (C=O) groups excluding carboxylic acids is 3. The predicted octanol–water partition coefficient (Wildman–Crippen LogP) is 3.89. The largest absolute Gasteiger partial charge is 0.465 e. The van der Waals surface area contributed by atoms with E-state index in [1.54, 1.807) is 18.2 Å². The number of carbonyl (C=O) groups is 3. The van der Waals surface area contributed by atoms with Crippen LogP contribution in [0.2, 0.25) is 10.0 Å². The summed E-state index contributed by atoms with van der Waals surface area (Å²) in [5, 5.41) is 3.51. The van der Waals surface area contributed by atoms with Gasteiger partial charge in [-0.2, -0.15) is 0 Å². The third-order valence-electron chi connectivity index (χ3n) is 3.29. The number of ether oxygens (including phenoxy) is 2. The second-order valence-electron chi connectivity index (χ2n) is 5.26. The molecule has 0 atom stereocenters. The molecule has 0 saturated heterocycles. The molecule has 0 aromatic heterocycles. The number of nitrogens with one attached hydrogen (secondary N) is 1. The van der Waals surface area contributed by atoms with Crippen molar-refractivity contribution in [2.45, 2.75) is 13.3 Å². The summed E-state index contributed by atoms with van der Waals surface area (Å²) in [5.74, 6) is -1.57. The van der Waals surface area contributed by atoms with Crippen molar-refractivity contribution in [1.82, 2.24) is 0 Å². The highest BCUT2D eigenvalue weighted by molar-refractivity contribution is 6.35. The number of amides is 1. The molecule has 0 heterocycles. The Morgan fingerprint density at radius 2 is 1.81 bits per heavy atom. The number of rotatable bonds is 5. The van der Waals surface area contributed by atoms with Crippen LogP contribution in [0, 0.1) is 0 Å². The van der Waals surface area contributed by atoms with Crippen molar-refractivity contribution in [2.24, 2.45) is 0 Å². The lowest BCUT2D eigenvalue weighted by molar-refractivity contribution is -0.131. The van der Waals surface area contributed by atoms with Crippen LogP contribution >= 0.6 is 23.2 Å². The van der Waals surface area contributed by atoms with Crippen LogP contribution in [0.1, 0.15) is 22.8 Å². The minimum Gasteiger partial charge on any atom is -0.465 e. The molecular formula is C18H15Cl2NO5. The average Bonchev–Trinajstić information content (AvgIpc) is 2.57. The molecule has 0 aliphatic carbocycles. The Morgan fingerprint density at radius 1 is 1.08 bits per heavy atom. The molecule has 0 saturated carbocycles. The number of methoxy groups -OCH3 is 1. The Labute approximate surface area is 160 Å². The van der Waals surface area contributed by atoms with Crippen LogP contribution in [0.4, 0.5) is 5.69 Å². The van der Waals surface area contributed by atoms with Crippen molar-refractivity contribution < 1.29 is 23.9 Å². The summed E-state index contributed by atoms with van der Waals surface area (Å²) in [6, 6.07) is 9.12. The lowest BCUT2D eigenvalue weighted by Crippen LogP contribution is -2.16. The lowest BCUT2D eigenvalue weighted by atomic mass is 10.1. The Bertz CT molecular complexity index is 867. The summed E-state index contributed by atoms with van der Waals surface area (Å²) in [6.45, 7) is 1.21. The normalized spacial score (nSPS) is 10.2. The van der Waals surface area contributed by atoms with Crippen molar-refractivity contribution in [1.29, 1.82) is 0 Å². The third kappa shape index (κ3) is 5.21. The molecule has 0 spiro atoms. The minimum atomic E-state index is -0.696. The monoisotopic (exact) mass is 395 g/mol. The van der Waals surface area contributed by atoms with E-state index in [0.29, 0.717) is 21.3 Å². The second-order valence-corrected chi connectivity index (χ2v) is 6.10. The number of hydrogen-bond donors (Lipinski definition) is 1. The van der Waals surface area contributed by atoms with Crippen molar-refractivity contribution >= 4 is 46.7 Å². The summed E-state index contributed by atoms with van der Waals surface area (Å²) in [4.78, 5) is 35.2. The molecule has 6 nitrogen and oxygen atoms in total. The average molecular weight is 396 g/mol. The topological polar surface area (TPSA) is 81.7 Å². The lowest BCUT2D eigenvalue weighted by Gasteiger charge is -2.11. The summed E-state index contributed by atoms with van der Waals surface area (Å²) in [6.07, 6.45) is 0.0231. The highest BCUT2D eigenvalue weighted by atomic mass is 35.5. The number of esters is 2. The smallest absolute Gasteiger partial charge is 0.341 e. The summed E-state index contributed by atoms with van der Waals surface area (Å²) in [7, 11) is 1.20. The molecular weight excluding hydrogens is 381 g/mol. The first kappa shape index (κ1) is 19.8. The van der Waals surface area contributed by atoms with Crippen LogP contribution in [-0.4, -0.2) is 25.0 Å². The SMILES string of the molecule is COC(=O)c1cc(NC(=O)Cc2ccc(Cl)cc2Cl)ccc1OC(C)=O. The molecule has 0 fully saturated rings. The van der Waals surface area contributed by atoms with Gasteiger partial charge in [0, 0.05) is 22.7 Å². The Kier molecular flexibility index (Phi) is 6.60. The van der Waals surface area contributed by atoms with Crippen LogP contribution in [0.25, 0.3) is 0 Å². The zero-order valence-electron chi connectivity index (χ0n) is 14.0. The van der Waals surface area contributed by atoms with Gasteiger partial charge < -0.3 is 14.8 Å². The molecule has 136 valence electrons. The van der Waals surface area contributed by atoms with Gasteiger partial charge in [-0.15, -0.1) is 0 Å². The molecule has 0 aliphatic heterocycles. The van der Waals surface area contributed by atoms with Gasteiger partial charge in [-0.05, 0) is 35.9 Å². The van der Waals surface area contributed by atoms with Gasteiger partial charge in [0.2, 0.25) is 5.91 Å². The number of halogens is 2. The number of hydrogen-bond acceptors (Lipinski definition) is 5. The zero-order valence-corrected chi connectivity index (χ0v) is 15.5. The Balaban J connectivity index is 2.19.